The summed E-state index contributed by atoms with van der Waals surface area (Å²) in [7, 11) is 4.30. The SMILES string of the molecule is CN(C)C1CCN(Cc2cnc(NN)s2)C1. The van der Waals surface area contributed by atoms with Crippen molar-refractivity contribution < 1.29 is 0 Å². The van der Waals surface area contributed by atoms with Crippen LogP contribution in [0.25, 0.3) is 0 Å². The lowest BCUT2D eigenvalue weighted by atomic mass is 10.2. The molecule has 1 fully saturated rings. The van der Waals surface area contributed by atoms with Crippen LogP contribution in [-0.2, 0) is 6.54 Å². The number of hydrogen-bond acceptors (Lipinski definition) is 6. The molecule has 1 aliphatic heterocycles. The number of anilines is 1. The summed E-state index contributed by atoms with van der Waals surface area (Å²) in [6.45, 7) is 3.31. The Morgan fingerprint density at radius 1 is 1.69 bits per heavy atom. The monoisotopic (exact) mass is 241 g/mol. The first-order valence-corrected chi connectivity index (χ1v) is 6.31. The zero-order valence-electron chi connectivity index (χ0n) is 9.81. The molecule has 0 aromatic carbocycles. The summed E-state index contributed by atoms with van der Waals surface area (Å²) in [6, 6.07) is 0.694. The number of thiazole rings is 1. The van der Waals surface area contributed by atoms with Crippen LogP contribution in [0.4, 0.5) is 5.13 Å². The first kappa shape index (κ1) is 11.8. The van der Waals surface area contributed by atoms with E-state index in [-0.39, 0.29) is 0 Å². The van der Waals surface area contributed by atoms with Gasteiger partial charge in [0.1, 0.15) is 0 Å². The van der Waals surface area contributed by atoms with Crippen molar-refractivity contribution in [2.45, 2.75) is 19.0 Å². The highest BCUT2D eigenvalue weighted by atomic mass is 32.1. The molecule has 1 unspecified atom stereocenters. The second-order valence-electron chi connectivity index (χ2n) is 4.42. The van der Waals surface area contributed by atoms with Crippen LogP contribution in [0.3, 0.4) is 0 Å². The number of nitrogens with two attached hydrogens (primary N) is 1. The molecule has 0 spiro atoms. The van der Waals surface area contributed by atoms with Crippen molar-refractivity contribution in [3.63, 3.8) is 0 Å². The van der Waals surface area contributed by atoms with Crippen LogP contribution in [0, 0.1) is 0 Å². The van der Waals surface area contributed by atoms with Crippen molar-refractivity contribution >= 4 is 16.5 Å². The smallest absolute Gasteiger partial charge is 0.197 e. The van der Waals surface area contributed by atoms with E-state index in [0.29, 0.717) is 6.04 Å². The van der Waals surface area contributed by atoms with Gasteiger partial charge in [-0.1, -0.05) is 11.3 Å². The van der Waals surface area contributed by atoms with E-state index in [1.54, 1.807) is 11.3 Å². The van der Waals surface area contributed by atoms with Crippen LogP contribution in [0.5, 0.6) is 0 Å². The summed E-state index contributed by atoms with van der Waals surface area (Å²) < 4.78 is 0. The van der Waals surface area contributed by atoms with E-state index < -0.39 is 0 Å². The van der Waals surface area contributed by atoms with Crippen molar-refractivity contribution in [1.29, 1.82) is 0 Å². The van der Waals surface area contributed by atoms with Crippen molar-refractivity contribution in [2.75, 3.05) is 32.6 Å². The predicted octanol–water partition coefficient (Wildman–Crippen LogP) is 0.565. The number of hydrazine groups is 1. The molecule has 1 saturated heterocycles. The summed E-state index contributed by atoms with van der Waals surface area (Å²) in [5, 5.41) is 0.790. The third-order valence-electron chi connectivity index (χ3n) is 3.03. The average molecular weight is 241 g/mol. The minimum absolute atomic E-state index is 0.694. The molecule has 0 aliphatic carbocycles. The number of rotatable bonds is 4. The molecule has 16 heavy (non-hydrogen) atoms. The molecule has 0 bridgehead atoms. The summed E-state index contributed by atoms with van der Waals surface area (Å²) >= 11 is 1.63. The molecule has 2 rings (SSSR count). The molecule has 2 heterocycles. The van der Waals surface area contributed by atoms with Gasteiger partial charge in [-0.3, -0.25) is 10.3 Å². The van der Waals surface area contributed by atoms with E-state index in [0.717, 1.165) is 18.2 Å². The fourth-order valence-electron chi connectivity index (χ4n) is 2.05. The summed E-state index contributed by atoms with van der Waals surface area (Å²) in [5.41, 5.74) is 2.58. The van der Waals surface area contributed by atoms with Gasteiger partial charge in [0.25, 0.3) is 0 Å². The van der Waals surface area contributed by atoms with Gasteiger partial charge in [0.15, 0.2) is 5.13 Å². The van der Waals surface area contributed by atoms with Crippen LogP contribution in [0.1, 0.15) is 11.3 Å². The fourth-order valence-corrected chi connectivity index (χ4v) is 2.81. The fraction of sp³-hybridized carbons (Fsp3) is 0.700. The highest BCUT2D eigenvalue weighted by Gasteiger charge is 2.24. The number of nitrogens with one attached hydrogen (secondary N) is 1. The van der Waals surface area contributed by atoms with Crippen LogP contribution in [0.15, 0.2) is 6.20 Å². The molecule has 6 heteroatoms. The largest absolute Gasteiger partial charge is 0.305 e. The van der Waals surface area contributed by atoms with Gasteiger partial charge in [-0.25, -0.2) is 10.8 Å². The number of nitrogens with zero attached hydrogens (tertiary/aromatic N) is 3. The van der Waals surface area contributed by atoms with E-state index >= 15 is 0 Å². The van der Waals surface area contributed by atoms with Gasteiger partial charge >= 0.3 is 0 Å². The number of likely N-dealkylation sites (tertiary alicyclic amines) is 1. The van der Waals surface area contributed by atoms with Gasteiger partial charge in [0, 0.05) is 36.8 Å². The molecule has 0 radical (unpaired) electrons. The highest BCUT2D eigenvalue weighted by molar-refractivity contribution is 7.15. The quantitative estimate of drug-likeness (QED) is 0.596. The molecule has 0 saturated carbocycles. The molecule has 1 atom stereocenters. The maximum absolute atomic E-state index is 5.31. The Labute approximate surface area is 100 Å². The number of nitrogen functional groups attached to an aromatic ring is 1. The van der Waals surface area contributed by atoms with E-state index in [4.69, 9.17) is 5.84 Å². The van der Waals surface area contributed by atoms with Crippen molar-refractivity contribution in [3.05, 3.63) is 11.1 Å². The lowest BCUT2D eigenvalue weighted by Gasteiger charge is -2.19. The summed E-state index contributed by atoms with van der Waals surface area (Å²) in [6.07, 6.45) is 3.16. The van der Waals surface area contributed by atoms with E-state index in [2.05, 4.69) is 34.3 Å². The Bertz CT molecular complexity index is 338. The molecule has 1 aromatic heterocycles. The topological polar surface area (TPSA) is 57.4 Å². The molecular weight excluding hydrogens is 222 g/mol. The standard InChI is InChI=1S/C10H19N5S/c1-14(2)8-3-4-15(6-8)7-9-5-12-10(13-11)16-9/h5,8H,3-4,6-7,11H2,1-2H3,(H,12,13). The number of aromatic nitrogens is 1. The molecule has 0 amide bonds. The van der Waals surface area contributed by atoms with Gasteiger partial charge in [0.2, 0.25) is 0 Å². The first-order valence-electron chi connectivity index (χ1n) is 5.49. The summed E-state index contributed by atoms with van der Waals surface area (Å²) in [4.78, 5) is 10.2. The zero-order valence-corrected chi connectivity index (χ0v) is 10.6. The van der Waals surface area contributed by atoms with Gasteiger partial charge in [-0.2, -0.15) is 0 Å². The van der Waals surface area contributed by atoms with Gasteiger partial charge in [-0.05, 0) is 20.5 Å². The Kier molecular flexibility index (Phi) is 3.75. The Hall–Kier alpha value is -0.690. The third-order valence-corrected chi connectivity index (χ3v) is 3.95. The Balaban J connectivity index is 1.87. The zero-order chi connectivity index (χ0) is 11.5. The minimum atomic E-state index is 0.694. The highest BCUT2D eigenvalue weighted by Crippen LogP contribution is 2.21. The van der Waals surface area contributed by atoms with E-state index in [9.17, 15) is 0 Å². The second-order valence-corrected chi connectivity index (χ2v) is 5.53. The lowest BCUT2D eigenvalue weighted by molar-refractivity contribution is 0.266. The Morgan fingerprint density at radius 2 is 2.50 bits per heavy atom. The average Bonchev–Trinajstić information content (AvgIpc) is 2.87. The van der Waals surface area contributed by atoms with E-state index in [1.165, 1.54) is 17.8 Å². The predicted molar refractivity (Wildman–Crippen MR) is 67.3 cm³/mol. The van der Waals surface area contributed by atoms with Crippen molar-refractivity contribution in [3.8, 4) is 0 Å². The van der Waals surface area contributed by atoms with Crippen molar-refractivity contribution in [1.82, 2.24) is 14.8 Å². The molecule has 3 N–H and O–H groups in total. The normalized spacial score (nSPS) is 21.9. The first-order chi connectivity index (χ1) is 7.69. The maximum atomic E-state index is 5.31. The van der Waals surface area contributed by atoms with Gasteiger partial charge in [-0.15, -0.1) is 0 Å². The lowest BCUT2D eigenvalue weighted by Crippen LogP contribution is -2.31. The third kappa shape index (κ3) is 2.70. The van der Waals surface area contributed by atoms with Crippen LogP contribution >= 0.6 is 11.3 Å². The van der Waals surface area contributed by atoms with Crippen LogP contribution in [-0.4, -0.2) is 48.0 Å². The van der Waals surface area contributed by atoms with Crippen molar-refractivity contribution in [2.24, 2.45) is 5.84 Å². The van der Waals surface area contributed by atoms with Gasteiger partial charge < -0.3 is 4.90 Å². The number of hydrogen-bond donors (Lipinski definition) is 2. The molecule has 1 aliphatic rings. The van der Waals surface area contributed by atoms with Gasteiger partial charge in [0.05, 0.1) is 0 Å². The van der Waals surface area contributed by atoms with E-state index in [1.807, 2.05) is 6.20 Å². The Morgan fingerprint density at radius 3 is 3.06 bits per heavy atom. The molecular formula is C10H19N5S. The molecule has 1 aromatic rings. The van der Waals surface area contributed by atoms with Crippen LogP contribution < -0.4 is 11.3 Å². The van der Waals surface area contributed by atoms with Crippen LogP contribution in [0.2, 0.25) is 0 Å². The molecule has 90 valence electrons. The maximum Gasteiger partial charge on any atom is 0.197 e. The number of likely N-dealkylation sites (N-methyl/N-ethyl adjacent to an activating group) is 1. The minimum Gasteiger partial charge on any atom is -0.305 e. The summed E-state index contributed by atoms with van der Waals surface area (Å²) in [5.74, 6) is 5.31. The molecule has 5 nitrogen and oxygen atoms in total. The second kappa shape index (κ2) is 5.09.